The van der Waals surface area contributed by atoms with Crippen molar-refractivity contribution in [2.75, 3.05) is 10.2 Å². The number of hydrogen-bond acceptors (Lipinski definition) is 5. The molecule has 2 aromatic carbocycles. The Morgan fingerprint density at radius 1 is 1.00 bits per heavy atom. The summed E-state index contributed by atoms with van der Waals surface area (Å²) in [6.07, 6.45) is 1.73. The van der Waals surface area contributed by atoms with E-state index in [0.29, 0.717) is 34.3 Å². The van der Waals surface area contributed by atoms with Crippen molar-refractivity contribution >= 4 is 52.3 Å². The standard InChI is InChI=1S/C24H19Cl2N3O4/c1-14-18(25)5-2-6-19(14)29-23(31)21(26)22(24(29)32)28-16-9-7-15(8-10-16)12-20(30)27-13-17-4-3-11-33-17/h2-11,28H,12-13H2,1H3,(H,27,30). The third-order valence-electron chi connectivity index (χ3n) is 5.14. The molecule has 0 aliphatic carbocycles. The monoisotopic (exact) mass is 483 g/mol. The summed E-state index contributed by atoms with van der Waals surface area (Å²) in [7, 11) is 0. The zero-order chi connectivity index (χ0) is 23.5. The number of amides is 3. The van der Waals surface area contributed by atoms with Crippen molar-refractivity contribution in [2.45, 2.75) is 19.9 Å². The molecule has 0 bridgehead atoms. The van der Waals surface area contributed by atoms with Crippen LogP contribution in [0.5, 0.6) is 0 Å². The molecule has 7 nitrogen and oxygen atoms in total. The number of nitrogens with one attached hydrogen (secondary N) is 2. The first-order valence-corrected chi connectivity index (χ1v) is 10.8. The van der Waals surface area contributed by atoms with Crippen LogP contribution in [0.4, 0.5) is 11.4 Å². The molecule has 168 valence electrons. The molecule has 0 fully saturated rings. The summed E-state index contributed by atoms with van der Waals surface area (Å²) in [5.74, 6) is -0.677. The van der Waals surface area contributed by atoms with Crippen LogP contribution < -0.4 is 15.5 Å². The van der Waals surface area contributed by atoms with Crippen molar-refractivity contribution in [3.05, 3.63) is 93.5 Å². The lowest BCUT2D eigenvalue weighted by molar-refractivity contribution is -0.121. The number of furan rings is 1. The van der Waals surface area contributed by atoms with Crippen molar-refractivity contribution in [1.29, 1.82) is 0 Å². The van der Waals surface area contributed by atoms with E-state index in [0.717, 1.165) is 10.5 Å². The Hall–Kier alpha value is -3.55. The number of rotatable bonds is 7. The average Bonchev–Trinajstić information content (AvgIpc) is 3.39. The second-order valence-corrected chi connectivity index (χ2v) is 8.16. The molecule has 0 atom stereocenters. The summed E-state index contributed by atoms with van der Waals surface area (Å²) in [4.78, 5) is 38.8. The minimum Gasteiger partial charge on any atom is -0.467 e. The molecule has 9 heteroatoms. The van der Waals surface area contributed by atoms with Gasteiger partial charge in [0, 0.05) is 10.7 Å². The zero-order valence-electron chi connectivity index (χ0n) is 17.5. The molecule has 1 aromatic heterocycles. The Labute approximate surface area is 200 Å². The summed E-state index contributed by atoms with van der Waals surface area (Å²) >= 11 is 12.3. The van der Waals surface area contributed by atoms with E-state index < -0.39 is 11.8 Å². The molecule has 1 aliphatic heterocycles. The Morgan fingerprint density at radius 2 is 1.76 bits per heavy atom. The topological polar surface area (TPSA) is 91.7 Å². The molecule has 0 spiro atoms. The maximum Gasteiger partial charge on any atom is 0.283 e. The summed E-state index contributed by atoms with van der Waals surface area (Å²) < 4.78 is 5.19. The fourth-order valence-corrected chi connectivity index (χ4v) is 3.75. The third-order valence-corrected chi connectivity index (χ3v) is 5.90. The molecule has 3 amide bonds. The number of halogens is 2. The predicted molar refractivity (Wildman–Crippen MR) is 126 cm³/mol. The largest absolute Gasteiger partial charge is 0.467 e. The highest BCUT2D eigenvalue weighted by Crippen LogP contribution is 2.34. The highest BCUT2D eigenvalue weighted by molar-refractivity contribution is 6.53. The van der Waals surface area contributed by atoms with Gasteiger partial charge in [0.15, 0.2) is 0 Å². The van der Waals surface area contributed by atoms with Crippen LogP contribution in [0.15, 0.2) is 76.0 Å². The Balaban J connectivity index is 1.42. The van der Waals surface area contributed by atoms with Gasteiger partial charge in [-0.15, -0.1) is 0 Å². The van der Waals surface area contributed by atoms with Crippen LogP contribution in [0.1, 0.15) is 16.9 Å². The van der Waals surface area contributed by atoms with Crippen LogP contribution in [0.2, 0.25) is 5.02 Å². The first-order valence-electron chi connectivity index (χ1n) is 10.0. The molecular weight excluding hydrogens is 465 g/mol. The number of carbonyl (C=O) groups is 3. The zero-order valence-corrected chi connectivity index (χ0v) is 19.0. The van der Waals surface area contributed by atoms with Gasteiger partial charge in [0.2, 0.25) is 5.91 Å². The molecular formula is C24H19Cl2N3O4. The number of hydrogen-bond donors (Lipinski definition) is 2. The molecule has 0 saturated carbocycles. The fourth-order valence-electron chi connectivity index (χ4n) is 3.37. The first kappa shape index (κ1) is 22.6. The van der Waals surface area contributed by atoms with Gasteiger partial charge in [0.25, 0.3) is 11.8 Å². The van der Waals surface area contributed by atoms with E-state index in [9.17, 15) is 14.4 Å². The van der Waals surface area contributed by atoms with E-state index in [-0.39, 0.29) is 23.1 Å². The second-order valence-electron chi connectivity index (χ2n) is 7.37. The van der Waals surface area contributed by atoms with Crippen LogP contribution in [0, 0.1) is 6.92 Å². The molecule has 1 aliphatic rings. The average molecular weight is 484 g/mol. The van der Waals surface area contributed by atoms with E-state index in [1.165, 1.54) is 0 Å². The van der Waals surface area contributed by atoms with Crippen LogP contribution >= 0.6 is 23.2 Å². The van der Waals surface area contributed by atoms with Crippen molar-refractivity contribution in [2.24, 2.45) is 0 Å². The van der Waals surface area contributed by atoms with E-state index in [4.69, 9.17) is 27.6 Å². The minimum absolute atomic E-state index is 0.0232. The highest BCUT2D eigenvalue weighted by Gasteiger charge is 2.39. The summed E-state index contributed by atoms with van der Waals surface area (Å²) in [6.45, 7) is 2.04. The Bertz CT molecular complexity index is 1250. The van der Waals surface area contributed by atoms with Gasteiger partial charge in [-0.25, -0.2) is 4.90 Å². The minimum atomic E-state index is -0.626. The van der Waals surface area contributed by atoms with Gasteiger partial charge in [-0.3, -0.25) is 14.4 Å². The highest BCUT2D eigenvalue weighted by atomic mass is 35.5. The maximum absolute atomic E-state index is 13.0. The van der Waals surface area contributed by atoms with E-state index in [2.05, 4.69) is 10.6 Å². The summed E-state index contributed by atoms with van der Waals surface area (Å²) in [5, 5.41) is 5.93. The molecule has 0 unspecified atom stereocenters. The predicted octanol–water partition coefficient (Wildman–Crippen LogP) is 4.54. The van der Waals surface area contributed by atoms with E-state index in [1.54, 1.807) is 67.8 Å². The number of imide groups is 1. The van der Waals surface area contributed by atoms with Gasteiger partial charge in [0.05, 0.1) is 24.9 Å². The Morgan fingerprint density at radius 3 is 2.45 bits per heavy atom. The smallest absolute Gasteiger partial charge is 0.283 e. The third kappa shape index (κ3) is 4.79. The van der Waals surface area contributed by atoms with Crippen LogP contribution in [-0.2, 0) is 27.3 Å². The lowest BCUT2D eigenvalue weighted by Crippen LogP contribution is -2.32. The van der Waals surface area contributed by atoms with Crippen molar-refractivity contribution in [1.82, 2.24) is 5.32 Å². The number of carbonyl (C=O) groups excluding carboxylic acids is 3. The fraction of sp³-hybridized carbons (Fsp3) is 0.125. The molecule has 0 saturated heterocycles. The van der Waals surface area contributed by atoms with Crippen molar-refractivity contribution < 1.29 is 18.8 Å². The quantitative estimate of drug-likeness (QED) is 0.481. The van der Waals surface area contributed by atoms with Gasteiger partial charge < -0.3 is 15.1 Å². The van der Waals surface area contributed by atoms with Gasteiger partial charge in [-0.05, 0) is 54.4 Å². The molecule has 3 aromatic rings. The van der Waals surface area contributed by atoms with Crippen molar-refractivity contribution in [3.63, 3.8) is 0 Å². The lowest BCUT2D eigenvalue weighted by atomic mass is 10.1. The van der Waals surface area contributed by atoms with Crippen LogP contribution in [0.3, 0.4) is 0 Å². The van der Waals surface area contributed by atoms with Gasteiger partial charge >= 0.3 is 0 Å². The molecule has 0 radical (unpaired) electrons. The number of nitrogens with zero attached hydrogens (tertiary/aromatic N) is 1. The molecule has 2 N–H and O–H groups in total. The normalized spacial score (nSPS) is 13.6. The Kier molecular flexibility index (Phi) is 6.53. The second kappa shape index (κ2) is 9.52. The molecule has 2 heterocycles. The van der Waals surface area contributed by atoms with Crippen LogP contribution in [0.25, 0.3) is 0 Å². The number of benzene rings is 2. The summed E-state index contributed by atoms with van der Waals surface area (Å²) in [5.41, 5.74) is 2.28. The SMILES string of the molecule is Cc1c(Cl)cccc1N1C(=O)C(Cl)=C(Nc2ccc(CC(=O)NCc3ccco3)cc2)C1=O. The molecule has 33 heavy (non-hydrogen) atoms. The van der Waals surface area contributed by atoms with Gasteiger partial charge in [-0.1, -0.05) is 41.4 Å². The van der Waals surface area contributed by atoms with E-state index >= 15 is 0 Å². The maximum atomic E-state index is 13.0. The van der Waals surface area contributed by atoms with Crippen LogP contribution in [-0.4, -0.2) is 17.7 Å². The summed E-state index contributed by atoms with van der Waals surface area (Å²) in [6, 6.07) is 15.4. The number of anilines is 2. The van der Waals surface area contributed by atoms with E-state index in [1.807, 2.05) is 0 Å². The lowest BCUT2D eigenvalue weighted by Gasteiger charge is -2.18. The van der Waals surface area contributed by atoms with Crippen molar-refractivity contribution in [3.8, 4) is 0 Å². The van der Waals surface area contributed by atoms with Gasteiger partial charge in [-0.2, -0.15) is 0 Å². The first-order chi connectivity index (χ1) is 15.8. The van der Waals surface area contributed by atoms with Gasteiger partial charge in [0.1, 0.15) is 16.5 Å². The molecule has 4 rings (SSSR count).